The lowest BCUT2D eigenvalue weighted by atomic mass is 10.1. The zero-order chi connectivity index (χ0) is 44.5. The molecule has 0 saturated heterocycles. The predicted octanol–water partition coefficient (Wildman–Crippen LogP) is 9.56. The predicted molar refractivity (Wildman–Crippen MR) is 247 cm³/mol. The third-order valence-corrected chi connectivity index (χ3v) is 10.3. The number of nitrogens with two attached hydrogens (primary N) is 1. The molecule has 0 radical (unpaired) electrons. The number of nitrogens with one attached hydrogen (secondary N) is 6. The van der Waals surface area contributed by atoms with Gasteiger partial charge in [0, 0.05) is 41.9 Å². The highest BCUT2D eigenvalue weighted by Crippen LogP contribution is 2.30. The number of nitrogen functional groups attached to an aromatic ring is 1. The fraction of sp³-hybridized carbons (Fsp3) is 0.184. The number of rotatable bonds is 17. The largest absolute Gasteiger partial charge is 0.397 e. The number of carbonyl (C=O) groups excluding carboxylic acids is 2. The number of aliphatic hydroxyl groups is 1. The maximum absolute atomic E-state index is 14.3. The molecule has 2 amide bonds. The fourth-order valence-corrected chi connectivity index (χ4v) is 6.69. The first-order chi connectivity index (χ1) is 30.4. The van der Waals surface area contributed by atoms with Crippen LogP contribution in [-0.4, -0.2) is 33.1 Å². The normalized spacial score (nSPS) is 12.4. The number of anilines is 4. The van der Waals surface area contributed by atoms with Crippen molar-refractivity contribution < 1.29 is 23.9 Å². The van der Waals surface area contributed by atoms with Crippen molar-refractivity contribution in [1.82, 2.24) is 20.6 Å². The third kappa shape index (κ3) is 11.1. The molecule has 1 heterocycles. The number of hydrogen-bond acceptors (Lipinski definition) is 10. The molecule has 0 aliphatic carbocycles. The molecule has 0 saturated carbocycles. The molecule has 0 spiro atoms. The number of imidazole rings is 1. The number of halogens is 1. The Bertz CT molecular complexity index is 2740. The first kappa shape index (κ1) is 43.7. The standard InChI is InChI=1S/C49H50FN9O4/c1-5-52-42-24-35(15-10-30(42)4)46(60)53-28-32-13-18-34(19-14-32)49(58-43-26-37(50)21-22-38(43)51)63-59-41-9-7-6-8-39(41)57-48(62)33-16-11-31(12-17-33)27-54-47(61)36-20-23-40-44(25-36)56-45(55-40)29(2)3/h5-26,29,46,49,53,58-60H,27-28,51H2,1-4H3,(H,54,61)(H,55,56)(H,57,62). The van der Waals surface area contributed by atoms with Crippen LogP contribution < -0.4 is 32.5 Å². The SMILES string of the molecule is CC=Nc1cc(C(O)NCc2ccc(C(Nc3cc(F)ccc3N)ONc3ccccc3NC(=O)c3ccc(CNC(=O)c4ccc5nc(C(C)C)[nH]c5c4)cc3)cc2)ccc1C. The number of aliphatic hydroxyl groups excluding tert-OH is 1. The lowest BCUT2D eigenvalue weighted by molar-refractivity contribution is 0.0949. The van der Waals surface area contributed by atoms with Crippen LogP contribution >= 0.6 is 0 Å². The van der Waals surface area contributed by atoms with Crippen LogP contribution in [-0.2, 0) is 17.9 Å². The molecule has 14 heteroatoms. The Morgan fingerprint density at radius 2 is 1.52 bits per heavy atom. The van der Waals surface area contributed by atoms with Crippen molar-refractivity contribution in [3.63, 3.8) is 0 Å². The second-order valence-corrected chi connectivity index (χ2v) is 15.3. The number of fused-ring (bicyclic) bond motifs is 1. The Kier molecular flexibility index (Phi) is 13.9. The molecular formula is C49H50FN9O4. The number of aryl methyl sites for hydroxylation is 1. The van der Waals surface area contributed by atoms with E-state index in [0.29, 0.717) is 51.5 Å². The van der Waals surface area contributed by atoms with E-state index in [0.717, 1.165) is 39.2 Å². The summed E-state index contributed by atoms with van der Waals surface area (Å²) < 4.78 is 14.3. The molecule has 6 aromatic carbocycles. The Hall–Kier alpha value is -7.39. The summed E-state index contributed by atoms with van der Waals surface area (Å²) in [5.41, 5.74) is 18.1. The van der Waals surface area contributed by atoms with Gasteiger partial charge in [0.2, 0.25) is 0 Å². The maximum Gasteiger partial charge on any atom is 0.255 e. The van der Waals surface area contributed by atoms with Crippen LogP contribution in [0.25, 0.3) is 11.0 Å². The van der Waals surface area contributed by atoms with Crippen molar-refractivity contribution in [2.75, 3.05) is 21.8 Å². The minimum absolute atomic E-state index is 0.223. The highest BCUT2D eigenvalue weighted by molar-refractivity contribution is 6.06. The van der Waals surface area contributed by atoms with E-state index in [1.807, 2.05) is 62.4 Å². The fourth-order valence-electron chi connectivity index (χ4n) is 6.69. The first-order valence-corrected chi connectivity index (χ1v) is 20.5. The second-order valence-electron chi connectivity index (χ2n) is 15.3. The monoisotopic (exact) mass is 847 g/mol. The van der Waals surface area contributed by atoms with Gasteiger partial charge >= 0.3 is 0 Å². The molecule has 7 aromatic rings. The van der Waals surface area contributed by atoms with E-state index >= 15 is 0 Å². The van der Waals surface area contributed by atoms with Crippen LogP contribution in [0.3, 0.4) is 0 Å². The summed E-state index contributed by atoms with van der Waals surface area (Å²) in [6.45, 7) is 8.56. The minimum atomic E-state index is -0.914. The van der Waals surface area contributed by atoms with E-state index in [-0.39, 0.29) is 24.3 Å². The third-order valence-electron chi connectivity index (χ3n) is 10.3. The number of carbonyl (C=O) groups is 2. The number of benzene rings is 6. The lowest BCUT2D eigenvalue weighted by Crippen LogP contribution is -2.22. The first-order valence-electron chi connectivity index (χ1n) is 20.5. The molecule has 0 aliphatic rings. The highest BCUT2D eigenvalue weighted by Gasteiger charge is 2.18. The van der Waals surface area contributed by atoms with Gasteiger partial charge in [-0.2, -0.15) is 0 Å². The van der Waals surface area contributed by atoms with Crippen molar-refractivity contribution in [3.8, 4) is 0 Å². The summed E-state index contributed by atoms with van der Waals surface area (Å²) in [7, 11) is 0. The zero-order valence-corrected chi connectivity index (χ0v) is 35.4. The van der Waals surface area contributed by atoms with Gasteiger partial charge in [-0.25, -0.2) is 14.2 Å². The van der Waals surface area contributed by atoms with Crippen molar-refractivity contribution in [1.29, 1.82) is 0 Å². The summed E-state index contributed by atoms with van der Waals surface area (Å²) in [5, 5.41) is 23.1. The van der Waals surface area contributed by atoms with Crippen molar-refractivity contribution in [3.05, 3.63) is 178 Å². The van der Waals surface area contributed by atoms with Crippen LogP contribution in [0, 0.1) is 12.7 Å². The van der Waals surface area contributed by atoms with Crippen LogP contribution in [0.5, 0.6) is 0 Å². The Morgan fingerprint density at radius 3 is 2.27 bits per heavy atom. The van der Waals surface area contributed by atoms with Gasteiger partial charge in [-0.1, -0.05) is 74.5 Å². The van der Waals surface area contributed by atoms with Crippen molar-refractivity contribution in [2.45, 2.75) is 59.2 Å². The smallest absolute Gasteiger partial charge is 0.255 e. The van der Waals surface area contributed by atoms with Gasteiger partial charge < -0.3 is 31.8 Å². The topological polar surface area (TPSA) is 191 Å². The van der Waals surface area contributed by atoms with E-state index in [4.69, 9.17) is 10.6 Å². The number of aliphatic imine (C=N–C) groups is 1. The van der Waals surface area contributed by atoms with Crippen LogP contribution in [0.4, 0.5) is 32.8 Å². The van der Waals surface area contributed by atoms with Crippen LogP contribution in [0.15, 0.2) is 132 Å². The number of nitrogens with zero attached hydrogens (tertiary/aromatic N) is 2. The molecule has 0 aliphatic heterocycles. The molecule has 7 rings (SSSR count). The van der Waals surface area contributed by atoms with Gasteiger partial charge in [-0.3, -0.25) is 25.4 Å². The van der Waals surface area contributed by atoms with Crippen LogP contribution in [0.2, 0.25) is 0 Å². The Labute approximate surface area is 365 Å². The molecule has 1 aromatic heterocycles. The zero-order valence-electron chi connectivity index (χ0n) is 35.4. The average Bonchev–Trinajstić information content (AvgIpc) is 3.73. The number of amides is 2. The van der Waals surface area contributed by atoms with Gasteiger partial charge in [0.1, 0.15) is 17.9 Å². The molecule has 0 bridgehead atoms. The lowest BCUT2D eigenvalue weighted by Gasteiger charge is -2.23. The van der Waals surface area contributed by atoms with Crippen LogP contribution in [0.1, 0.15) is 93.5 Å². The molecular weight excluding hydrogens is 798 g/mol. The highest BCUT2D eigenvalue weighted by atomic mass is 19.1. The van der Waals surface area contributed by atoms with Gasteiger partial charge in [-0.05, 0) is 103 Å². The van der Waals surface area contributed by atoms with Gasteiger partial charge in [-0.15, -0.1) is 0 Å². The molecule has 2 unspecified atom stereocenters. The summed E-state index contributed by atoms with van der Waals surface area (Å²) in [4.78, 5) is 44.9. The van der Waals surface area contributed by atoms with Gasteiger partial charge in [0.05, 0.1) is 39.5 Å². The molecule has 2 atom stereocenters. The number of aromatic amines is 1. The number of hydrogen-bond donors (Lipinski definition) is 8. The number of H-pyrrole nitrogens is 1. The second kappa shape index (κ2) is 20.0. The Balaban J connectivity index is 0.983. The Morgan fingerprint density at radius 1 is 0.825 bits per heavy atom. The number of aromatic nitrogens is 2. The van der Waals surface area contributed by atoms with E-state index in [9.17, 15) is 19.1 Å². The van der Waals surface area contributed by atoms with E-state index in [1.165, 1.54) is 18.2 Å². The molecule has 13 nitrogen and oxygen atoms in total. The van der Waals surface area contributed by atoms with Crippen molar-refractivity contribution in [2.24, 2.45) is 4.99 Å². The van der Waals surface area contributed by atoms with E-state index in [2.05, 4.69) is 55.6 Å². The summed E-state index contributed by atoms with van der Waals surface area (Å²) in [5.74, 6) is 0.0496. The van der Waals surface area contributed by atoms with E-state index in [1.54, 1.807) is 66.9 Å². The molecule has 9 N–H and O–H groups in total. The number of para-hydroxylation sites is 2. The summed E-state index contributed by atoms with van der Waals surface area (Å²) >= 11 is 0. The maximum atomic E-state index is 14.3. The van der Waals surface area contributed by atoms with Gasteiger partial charge in [0.25, 0.3) is 11.8 Å². The summed E-state index contributed by atoms with van der Waals surface area (Å²) in [6.07, 6.45) is -0.0770. The van der Waals surface area contributed by atoms with Crippen molar-refractivity contribution >= 4 is 57.5 Å². The molecule has 322 valence electrons. The van der Waals surface area contributed by atoms with E-state index < -0.39 is 18.3 Å². The quantitative estimate of drug-likeness (QED) is 0.0191. The van der Waals surface area contributed by atoms with Gasteiger partial charge in [0.15, 0.2) is 6.23 Å². The molecule has 63 heavy (non-hydrogen) atoms. The average molecular weight is 848 g/mol. The molecule has 0 fully saturated rings. The minimum Gasteiger partial charge on any atom is -0.397 e. The summed E-state index contributed by atoms with van der Waals surface area (Å²) in [6, 6.07) is 36.5.